The maximum atomic E-state index is 11.6. The van der Waals surface area contributed by atoms with Crippen LogP contribution in [0.1, 0.15) is 51.8 Å². The van der Waals surface area contributed by atoms with Crippen molar-refractivity contribution < 1.29 is 24.0 Å². The molecule has 2 aromatic rings. The molecule has 0 spiro atoms. The number of hydrogen-bond acceptors (Lipinski definition) is 7. The third kappa shape index (κ3) is 7.84. The molecule has 0 fully saturated rings. The molecule has 2 radical (unpaired) electrons. The fourth-order valence-electron chi connectivity index (χ4n) is 2.38. The summed E-state index contributed by atoms with van der Waals surface area (Å²) in [6, 6.07) is 9.79. The van der Waals surface area contributed by atoms with Crippen LogP contribution >= 0.6 is 25.3 Å². The molecular weight excluding hydrogens is 464 g/mol. The fourth-order valence-corrected chi connectivity index (χ4v) is 3.00. The summed E-state index contributed by atoms with van der Waals surface area (Å²) in [6.45, 7) is 0. The number of amides is 5. The van der Waals surface area contributed by atoms with E-state index in [-0.39, 0.29) is 59.1 Å². The summed E-state index contributed by atoms with van der Waals surface area (Å²) in [5, 5.41) is 0. The molecule has 0 atom stereocenters. The molecule has 10 N–H and O–H groups in total. The van der Waals surface area contributed by atoms with Crippen LogP contribution in [0.2, 0.25) is 0 Å². The van der Waals surface area contributed by atoms with Gasteiger partial charge in [-0.15, -0.1) is 25.3 Å². The maximum absolute atomic E-state index is 11.6. The third-order valence-electron chi connectivity index (χ3n) is 3.46. The normalized spacial score (nSPS) is 9.10. The van der Waals surface area contributed by atoms with E-state index < -0.39 is 62.2 Å². The molecule has 5 amide bonds. The first kappa shape index (κ1) is 31.7. The Hall–Kier alpha value is -1.51. The summed E-state index contributed by atoms with van der Waals surface area (Å²) in [7, 11) is 0. The van der Waals surface area contributed by atoms with E-state index in [1.165, 1.54) is 0 Å². The van der Waals surface area contributed by atoms with Crippen LogP contribution in [0.4, 0.5) is 0 Å². The molecule has 2 aromatic carbocycles. The molecule has 0 bridgehead atoms. The summed E-state index contributed by atoms with van der Waals surface area (Å²) in [5.74, 6) is -6.39. The maximum Gasteiger partial charge on any atom is 0.250 e. The van der Waals surface area contributed by atoms with Gasteiger partial charge in [0.1, 0.15) is 0 Å². The summed E-state index contributed by atoms with van der Waals surface area (Å²) in [4.78, 5) is 58.3. The second-order valence-corrected chi connectivity index (χ2v) is 6.34. The van der Waals surface area contributed by atoms with Crippen molar-refractivity contribution in [1.29, 1.82) is 0 Å². The van der Waals surface area contributed by atoms with E-state index >= 15 is 0 Å². The van der Waals surface area contributed by atoms with Crippen LogP contribution < -0.4 is 28.7 Å². The molecular formula is C17H17N5Na2O5S2. The second-order valence-electron chi connectivity index (χ2n) is 5.38. The topological polar surface area (TPSA) is 215 Å². The molecule has 0 aliphatic heterocycles. The van der Waals surface area contributed by atoms with Gasteiger partial charge < -0.3 is 28.7 Å². The van der Waals surface area contributed by atoms with Crippen molar-refractivity contribution in [2.24, 2.45) is 28.7 Å². The number of primary amides is 5. The van der Waals surface area contributed by atoms with E-state index in [1.807, 2.05) is 30.3 Å². The predicted octanol–water partition coefficient (Wildman–Crippen LogP) is -1.32. The Morgan fingerprint density at radius 1 is 0.516 bits per heavy atom. The van der Waals surface area contributed by atoms with Gasteiger partial charge in [0.2, 0.25) is 17.7 Å². The zero-order valence-corrected chi connectivity index (χ0v) is 22.5. The first-order chi connectivity index (χ1) is 13.4. The van der Waals surface area contributed by atoms with E-state index in [0.717, 1.165) is 4.90 Å². The van der Waals surface area contributed by atoms with Crippen LogP contribution in [0.5, 0.6) is 0 Å². The molecule has 2 rings (SSSR count). The van der Waals surface area contributed by atoms with Crippen molar-refractivity contribution in [3.8, 4) is 0 Å². The average Bonchev–Trinajstić information content (AvgIpc) is 2.60. The first-order valence-electron chi connectivity index (χ1n) is 7.57. The number of rotatable bonds is 5. The Morgan fingerprint density at radius 2 is 0.774 bits per heavy atom. The van der Waals surface area contributed by atoms with Crippen LogP contribution in [-0.2, 0) is 0 Å². The number of thiol groups is 2. The van der Waals surface area contributed by atoms with E-state index in [0.29, 0.717) is 0 Å². The Labute approximate surface area is 232 Å². The molecule has 0 saturated heterocycles. The number of hydrogen-bond donors (Lipinski definition) is 7. The summed E-state index contributed by atoms with van der Waals surface area (Å²) in [5.41, 5.74) is 21.8. The Kier molecular flexibility index (Phi) is 14.1. The van der Waals surface area contributed by atoms with Gasteiger partial charge in [-0.05, 0) is 12.1 Å². The van der Waals surface area contributed by atoms with Gasteiger partial charge in [-0.25, -0.2) is 0 Å². The zero-order valence-electron chi connectivity index (χ0n) is 16.7. The molecule has 0 aliphatic carbocycles. The molecule has 0 heterocycles. The SMILES string of the molecule is NC(=O)c1c(S)c(C(N)=O)c(C(N)=O)c(C(N)=O)c1C(N)=O.Sc1ccccc1.[Na].[Na]. The Bertz CT molecular complexity index is 982. The van der Waals surface area contributed by atoms with Gasteiger partial charge in [0.15, 0.2) is 0 Å². The van der Waals surface area contributed by atoms with Gasteiger partial charge in [0.25, 0.3) is 11.8 Å². The first-order valence-corrected chi connectivity index (χ1v) is 8.47. The Morgan fingerprint density at radius 3 is 0.968 bits per heavy atom. The van der Waals surface area contributed by atoms with Crippen LogP contribution in [-0.4, -0.2) is 88.7 Å². The number of carbonyl (C=O) groups is 5. The zero-order chi connectivity index (χ0) is 22.5. The van der Waals surface area contributed by atoms with Crippen molar-refractivity contribution >= 4 is 114 Å². The number of nitrogens with two attached hydrogens (primary N) is 5. The van der Waals surface area contributed by atoms with Crippen molar-refractivity contribution in [3.05, 3.63) is 58.1 Å². The van der Waals surface area contributed by atoms with Gasteiger partial charge in [0.05, 0.1) is 27.8 Å². The van der Waals surface area contributed by atoms with Crippen molar-refractivity contribution in [1.82, 2.24) is 0 Å². The van der Waals surface area contributed by atoms with Crippen LogP contribution in [0.15, 0.2) is 40.1 Å². The standard InChI is InChI=1S/C11H11N5O5S.C6H6S.2Na/c12-7(17)1-2(8(13)18)4(10(15)20)6(22)5(11(16)21)3(1)9(14)19;7-6-4-2-1-3-5-6;;/h22H,(H2,12,17)(H2,13,18)(H2,14,19)(H2,15,20)(H2,16,21);1-5,7H;;. The van der Waals surface area contributed by atoms with Gasteiger partial charge in [-0.3, -0.25) is 24.0 Å². The van der Waals surface area contributed by atoms with E-state index in [4.69, 9.17) is 28.7 Å². The van der Waals surface area contributed by atoms with Gasteiger partial charge in [-0.1, -0.05) is 18.2 Å². The quantitative estimate of drug-likeness (QED) is 0.204. The summed E-state index contributed by atoms with van der Waals surface area (Å²) < 4.78 is 0. The minimum atomic E-state index is -1.33. The minimum absolute atomic E-state index is 0. The number of carbonyl (C=O) groups excluding carboxylic acids is 5. The molecule has 0 aliphatic rings. The van der Waals surface area contributed by atoms with Gasteiger partial charge in [-0.2, -0.15) is 0 Å². The minimum Gasteiger partial charge on any atom is -0.366 e. The van der Waals surface area contributed by atoms with E-state index in [9.17, 15) is 24.0 Å². The third-order valence-corrected chi connectivity index (χ3v) is 4.21. The van der Waals surface area contributed by atoms with E-state index in [1.54, 1.807) is 0 Å². The summed E-state index contributed by atoms with van der Waals surface area (Å²) in [6.07, 6.45) is 0. The molecule has 0 unspecified atom stereocenters. The monoisotopic (exact) mass is 481 g/mol. The fraction of sp³-hybridized carbons (Fsp3) is 0. The largest absolute Gasteiger partial charge is 0.366 e. The smallest absolute Gasteiger partial charge is 0.250 e. The van der Waals surface area contributed by atoms with E-state index in [2.05, 4.69) is 25.3 Å². The predicted molar refractivity (Wildman–Crippen MR) is 121 cm³/mol. The van der Waals surface area contributed by atoms with Crippen molar-refractivity contribution in [2.75, 3.05) is 0 Å². The van der Waals surface area contributed by atoms with Gasteiger partial charge in [0, 0.05) is 68.9 Å². The molecule has 31 heavy (non-hydrogen) atoms. The molecule has 0 aromatic heterocycles. The van der Waals surface area contributed by atoms with Crippen LogP contribution in [0.25, 0.3) is 0 Å². The Balaban J connectivity index is 0. The van der Waals surface area contributed by atoms with Gasteiger partial charge >= 0.3 is 0 Å². The molecule has 0 saturated carbocycles. The molecule has 10 nitrogen and oxygen atoms in total. The van der Waals surface area contributed by atoms with Crippen LogP contribution in [0.3, 0.4) is 0 Å². The number of benzene rings is 2. The average molecular weight is 481 g/mol. The molecule has 14 heteroatoms. The van der Waals surface area contributed by atoms with Crippen molar-refractivity contribution in [2.45, 2.75) is 9.79 Å². The summed E-state index contributed by atoms with van der Waals surface area (Å²) >= 11 is 7.95. The second kappa shape index (κ2) is 13.8. The molecule has 154 valence electrons. The van der Waals surface area contributed by atoms with Crippen LogP contribution in [0, 0.1) is 0 Å². The van der Waals surface area contributed by atoms with Crippen molar-refractivity contribution in [3.63, 3.8) is 0 Å².